The summed E-state index contributed by atoms with van der Waals surface area (Å²) < 4.78 is 5.99. The van der Waals surface area contributed by atoms with E-state index in [1.165, 1.54) is 0 Å². The summed E-state index contributed by atoms with van der Waals surface area (Å²) in [7, 11) is 1.61. The molecule has 3 N–H and O–H groups in total. The molecule has 1 aromatic rings. The Morgan fingerprint density at radius 3 is 2.53 bits per heavy atom. The van der Waals surface area contributed by atoms with Crippen molar-refractivity contribution in [2.24, 2.45) is 5.73 Å². The number of hydrogen-bond acceptors (Lipinski definition) is 3. The molecule has 0 heterocycles. The number of aryl methyl sites for hydroxylation is 1. The molecule has 15 heavy (non-hydrogen) atoms. The van der Waals surface area contributed by atoms with Crippen molar-refractivity contribution in [1.82, 2.24) is 0 Å². The van der Waals surface area contributed by atoms with E-state index in [1.807, 2.05) is 19.1 Å². The van der Waals surface area contributed by atoms with Gasteiger partial charge in [-0.15, -0.1) is 0 Å². The molecule has 0 aromatic heterocycles. The van der Waals surface area contributed by atoms with Gasteiger partial charge in [-0.3, -0.25) is 0 Å². The molecular weight excluding hydrogens is 258 g/mol. The van der Waals surface area contributed by atoms with Gasteiger partial charge in [0.15, 0.2) is 0 Å². The van der Waals surface area contributed by atoms with E-state index in [-0.39, 0.29) is 6.04 Å². The zero-order valence-corrected chi connectivity index (χ0v) is 10.7. The molecule has 0 fully saturated rings. The highest BCUT2D eigenvalue weighted by Crippen LogP contribution is 2.31. The molecule has 0 aliphatic heterocycles. The highest BCUT2D eigenvalue weighted by molar-refractivity contribution is 9.10. The lowest BCUT2D eigenvalue weighted by molar-refractivity contribution is 0.152. The van der Waals surface area contributed by atoms with Crippen LogP contribution in [0.25, 0.3) is 0 Å². The van der Waals surface area contributed by atoms with Crippen LogP contribution in [0.5, 0.6) is 5.75 Å². The van der Waals surface area contributed by atoms with Gasteiger partial charge in [-0.2, -0.15) is 0 Å². The molecule has 0 spiro atoms. The maximum absolute atomic E-state index is 9.88. The van der Waals surface area contributed by atoms with Gasteiger partial charge in [0.25, 0.3) is 0 Å². The quantitative estimate of drug-likeness (QED) is 0.888. The van der Waals surface area contributed by atoms with Gasteiger partial charge in [0.1, 0.15) is 5.75 Å². The maximum Gasteiger partial charge on any atom is 0.133 e. The lowest BCUT2D eigenvalue weighted by Crippen LogP contribution is -2.25. The van der Waals surface area contributed by atoms with E-state index < -0.39 is 6.10 Å². The fourth-order valence-electron chi connectivity index (χ4n) is 1.43. The maximum atomic E-state index is 9.88. The third-order valence-electron chi connectivity index (χ3n) is 2.36. The number of aliphatic hydroxyl groups excluding tert-OH is 1. The molecule has 1 rings (SSSR count). The largest absolute Gasteiger partial charge is 0.496 e. The number of hydrogen-bond donors (Lipinski definition) is 2. The summed E-state index contributed by atoms with van der Waals surface area (Å²) in [5.41, 5.74) is 7.46. The van der Waals surface area contributed by atoms with Gasteiger partial charge in [0.2, 0.25) is 0 Å². The van der Waals surface area contributed by atoms with E-state index in [1.54, 1.807) is 14.0 Å². The third kappa shape index (κ3) is 2.71. The van der Waals surface area contributed by atoms with Crippen LogP contribution in [0, 0.1) is 6.92 Å². The summed E-state index contributed by atoms with van der Waals surface area (Å²) in [5.74, 6) is 0.758. The first-order valence-corrected chi connectivity index (χ1v) is 5.54. The number of benzene rings is 1. The number of rotatable bonds is 3. The Morgan fingerprint density at radius 1 is 1.47 bits per heavy atom. The SMILES string of the molecule is COc1cc(C)c(C(O)C(C)N)cc1Br. The first-order valence-electron chi connectivity index (χ1n) is 4.75. The Kier molecular flexibility index (Phi) is 4.13. The smallest absolute Gasteiger partial charge is 0.133 e. The average molecular weight is 274 g/mol. The Balaban J connectivity index is 3.15. The van der Waals surface area contributed by atoms with Gasteiger partial charge in [-0.05, 0) is 53.0 Å². The molecule has 2 unspecified atom stereocenters. The highest BCUT2D eigenvalue weighted by Gasteiger charge is 2.16. The lowest BCUT2D eigenvalue weighted by atomic mass is 9.99. The van der Waals surface area contributed by atoms with Crippen LogP contribution < -0.4 is 10.5 Å². The minimum absolute atomic E-state index is 0.288. The van der Waals surface area contributed by atoms with Gasteiger partial charge in [-0.1, -0.05) is 0 Å². The molecule has 3 nitrogen and oxygen atoms in total. The van der Waals surface area contributed by atoms with Crippen LogP contribution in [0.4, 0.5) is 0 Å². The Labute approximate surface area is 98.4 Å². The third-order valence-corrected chi connectivity index (χ3v) is 2.98. The van der Waals surface area contributed by atoms with Gasteiger partial charge in [0.05, 0.1) is 17.7 Å². The van der Waals surface area contributed by atoms with Crippen molar-refractivity contribution in [2.45, 2.75) is 26.0 Å². The molecular formula is C11H16BrNO2. The van der Waals surface area contributed by atoms with Crippen molar-refractivity contribution in [2.75, 3.05) is 7.11 Å². The van der Waals surface area contributed by atoms with Crippen molar-refractivity contribution in [3.63, 3.8) is 0 Å². The van der Waals surface area contributed by atoms with Gasteiger partial charge >= 0.3 is 0 Å². The van der Waals surface area contributed by atoms with Crippen molar-refractivity contribution >= 4 is 15.9 Å². The fraction of sp³-hybridized carbons (Fsp3) is 0.455. The summed E-state index contributed by atoms with van der Waals surface area (Å²) in [6.45, 7) is 3.71. The molecule has 0 saturated heterocycles. The Hall–Kier alpha value is -0.580. The van der Waals surface area contributed by atoms with Crippen LogP contribution in [0.3, 0.4) is 0 Å². The van der Waals surface area contributed by atoms with E-state index in [0.717, 1.165) is 21.3 Å². The molecule has 4 heteroatoms. The molecule has 0 amide bonds. The monoisotopic (exact) mass is 273 g/mol. The van der Waals surface area contributed by atoms with E-state index in [0.29, 0.717) is 0 Å². The molecule has 0 bridgehead atoms. The second kappa shape index (κ2) is 4.96. The molecule has 84 valence electrons. The number of aliphatic hydroxyl groups is 1. The Morgan fingerprint density at radius 2 is 2.07 bits per heavy atom. The summed E-state index contributed by atoms with van der Waals surface area (Å²) in [6.07, 6.45) is -0.646. The van der Waals surface area contributed by atoms with Crippen molar-refractivity contribution in [3.8, 4) is 5.75 Å². The highest BCUT2D eigenvalue weighted by atomic mass is 79.9. The molecule has 0 saturated carbocycles. The number of methoxy groups -OCH3 is 1. The van der Waals surface area contributed by atoms with Crippen LogP contribution in [0.2, 0.25) is 0 Å². The molecule has 0 radical (unpaired) electrons. The lowest BCUT2D eigenvalue weighted by Gasteiger charge is -2.18. The molecule has 1 aromatic carbocycles. The molecule has 0 aliphatic carbocycles. The zero-order valence-electron chi connectivity index (χ0n) is 9.12. The van der Waals surface area contributed by atoms with Crippen LogP contribution >= 0.6 is 15.9 Å². The average Bonchev–Trinajstić information content (AvgIpc) is 2.19. The van der Waals surface area contributed by atoms with Crippen molar-refractivity contribution < 1.29 is 9.84 Å². The number of ether oxygens (including phenoxy) is 1. The normalized spacial score (nSPS) is 14.8. The summed E-state index contributed by atoms with van der Waals surface area (Å²) >= 11 is 3.38. The fourth-order valence-corrected chi connectivity index (χ4v) is 1.95. The van der Waals surface area contributed by atoms with Crippen LogP contribution in [-0.4, -0.2) is 18.3 Å². The predicted octanol–water partition coefficient (Wildman–Crippen LogP) is 2.15. The standard InChI is InChI=1S/C11H16BrNO2/c1-6-4-10(15-3)9(12)5-8(6)11(14)7(2)13/h4-5,7,11,14H,13H2,1-3H3. The van der Waals surface area contributed by atoms with Gasteiger partial charge < -0.3 is 15.6 Å². The Bertz CT molecular complexity index is 353. The second-order valence-electron chi connectivity index (χ2n) is 3.65. The first-order chi connectivity index (χ1) is 6.97. The van der Waals surface area contributed by atoms with E-state index in [2.05, 4.69) is 15.9 Å². The summed E-state index contributed by atoms with van der Waals surface area (Å²) in [6, 6.07) is 3.44. The predicted molar refractivity (Wildman–Crippen MR) is 64.0 cm³/mol. The van der Waals surface area contributed by atoms with Gasteiger partial charge in [0, 0.05) is 6.04 Å². The second-order valence-corrected chi connectivity index (χ2v) is 4.50. The van der Waals surface area contributed by atoms with Crippen LogP contribution in [0.15, 0.2) is 16.6 Å². The zero-order chi connectivity index (χ0) is 11.6. The van der Waals surface area contributed by atoms with Crippen molar-refractivity contribution in [3.05, 3.63) is 27.7 Å². The van der Waals surface area contributed by atoms with E-state index in [4.69, 9.17) is 10.5 Å². The summed E-state index contributed by atoms with van der Waals surface area (Å²) in [5, 5.41) is 9.88. The minimum Gasteiger partial charge on any atom is -0.496 e. The van der Waals surface area contributed by atoms with E-state index >= 15 is 0 Å². The number of halogens is 1. The van der Waals surface area contributed by atoms with E-state index in [9.17, 15) is 5.11 Å². The van der Waals surface area contributed by atoms with Crippen LogP contribution in [0.1, 0.15) is 24.2 Å². The number of nitrogens with two attached hydrogens (primary N) is 1. The topological polar surface area (TPSA) is 55.5 Å². The molecule has 2 atom stereocenters. The minimum atomic E-state index is -0.646. The van der Waals surface area contributed by atoms with Crippen LogP contribution in [-0.2, 0) is 0 Å². The first kappa shape index (κ1) is 12.5. The molecule has 0 aliphatic rings. The summed E-state index contributed by atoms with van der Waals surface area (Å²) in [4.78, 5) is 0. The van der Waals surface area contributed by atoms with Crippen molar-refractivity contribution in [1.29, 1.82) is 0 Å². The van der Waals surface area contributed by atoms with Gasteiger partial charge in [-0.25, -0.2) is 0 Å².